The van der Waals surface area contributed by atoms with Gasteiger partial charge in [0.1, 0.15) is 4.90 Å². The van der Waals surface area contributed by atoms with Gasteiger partial charge in [0.15, 0.2) is 0 Å². The van der Waals surface area contributed by atoms with Crippen molar-refractivity contribution in [2.45, 2.75) is 24.8 Å². The highest BCUT2D eigenvalue weighted by atomic mass is 35.5. The van der Waals surface area contributed by atoms with E-state index in [0.717, 1.165) is 10.4 Å². The molecule has 2 rings (SSSR count). The van der Waals surface area contributed by atoms with E-state index in [1.165, 1.54) is 22.7 Å². The molecule has 0 aliphatic heterocycles. The highest BCUT2D eigenvalue weighted by Gasteiger charge is 2.21. The minimum Gasteiger partial charge on any atom is -0.326 e. The first-order valence-corrected chi connectivity index (χ1v) is 9.50. The molecule has 2 heterocycles. The summed E-state index contributed by atoms with van der Waals surface area (Å²) < 4.78 is 27.9. The average Bonchev–Trinajstić information content (AvgIpc) is 2.95. The first kappa shape index (κ1) is 15.9. The third-order valence-corrected chi connectivity index (χ3v) is 6.97. The number of rotatable bonds is 6. The predicted octanol–water partition coefficient (Wildman–Crippen LogP) is 2.75. The number of hydrogen-bond acceptors (Lipinski definition) is 5. The molecule has 0 aliphatic carbocycles. The molecule has 0 fully saturated rings. The fourth-order valence-corrected chi connectivity index (χ4v) is 5.67. The van der Waals surface area contributed by atoms with Gasteiger partial charge in [-0.3, -0.25) is 0 Å². The van der Waals surface area contributed by atoms with Gasteiger partial charge in [-0.15, -0.1) is 22.7 Å². The Morgan fingerprint density at radius 3 is 2.75 bits per heavy atom. The summed E-state index contributed by atoms with van der Waals surface area (Å²) in [6.45, 7) is 2.36. The standard InChI is InChI=1S/C12H15ClN2O2S3/c1-8-7-18-10(6-14)12(8)20(16,17)15-5-4-9-2-3-11(13)19-9/h2-3,7,15H,4-6,14H2,1H3. The monoisotopic (exact) mass is 350 g/mol. The molecule has 0 aromatic carbocycles. The Bertz CT molecular complexity index is 691. The van der Waals surface area contributed by atoms with Crippen LogP contribution in [0.25, 0.3) is 0 Å². The predicted molar refractivity (Wildman–Crippen MR) is 85.2 cm³/mol. The molecule has 2 aromatic heterocycles. The van der Waals surface area contributed by atoms with Crippen molar-refractivity contribution in [2.24, 2.45) is 5.73 Å². The number of aryl methyl sites for hydroxylation is 1. The Kier molecular flexibility index (Phi) is 5.22. The quantitative estimate of drug-likeness (QED) is 0.841. The lowest BCUT2D eigenvalue weighted by Crippen LogP contribution is -2.27. The van der Waals surface area contributed by atoms with E-state index in [0.29, 0.717) is 27.1 Å². The van der Waals surface area contributed by atoms with Gasteiger partial charge in [-0.25, -0.2) is 13.1 Å². The van der Waals surface area contributed by atoms with Gasteiger partial charge in [-0.1, -0.05) is 11.6 Å². The van der Waals surface area contributed by atoms with Crippen LogP contribution in [0.4, 0.5) is 0 Å². The maximum atomic E-state index is 12.3. The summed E-state index contributed by atoms with van der Waals surface area (Å²) in [6.07, 6.45) is 0.623. The van der Waals surface area contributed by atoms with Gasteiger partial charge in [0.05, 0.1) is 4.34 Å². The summed E-state index contributed by atoms with van der Waals surface area (Å²) in [5.41, 5.74) is 6.33. The van der Waals surface area contributed by atoms with Crippen molar-refractivity contribution in [3.05, 3.63) is 37.2 Å². The average molecular weight is 351 g/mol. The first-order valence-electron chi connectivity index (χ1n) is 5.95. The smallest absolute Gasteiger partial charge is 0.241 e. The van der Waals surface area contributed by atoms with Crippen LogP contribution < -0.4 is 10.5 Å². The van der Waals surface area contributed by atoms with E-state index >= 15 is 0 Å². The van der Waals surface area contributed by atoms with Gasteiger partial charge in [0.25, 0.3) is 0 Å². The fourth-order valence-electron chi connectivity index (χ4n) is 1.86. The maximum Gasteiger partial charge on any atom is 0.241 e. The fraction of sp³-hybridized carbons (Fsp3) is 0.333. The molecule has 3 N–H and O–H groups in total. The topological polar surface area (TPSA) is 72.2 Å². The van der Waals surface area contributed by atoms with Gasteiger partial charge in [-0.05, 0) is 36.4 Å². The molecule has 0 atom stereocenters. The van der Waals surface area contributed by atoms with Gasteiger partial charge in [-0.2, -0.15) is 0 Å². The molecule has 20 heavy (non-hydrogen) atoms. The minimum absolute atomic E-state index is 0.231. The third kappa shape index (κ3) is 3.60. The second kappa shape index (κ2) is 6.55. The summed E-state index contributed by atoms with van der Waals surface area (Å²) in [5.74, 6) is 0. The van der Waals surface area contributed by atoms with Crippen LogP contribution in [0.3, 0.4) is 0 Å². The Balaban J connectivity index is 2.06. The van der Waals surface area contributed by atoms with Gasteiger partial charge in [0.2, 0.25) is 10.0 Å². The van der Waals surface area contributed by atoms with Crippen LogP contribution in [-0.4, -0.2) is 15.0 Å². The van der Waals surface area contributed by atoms with Crippen molar-refractivity contribution in [3.63, 3.8) is 0 Å². The Hall–Kier alpha value is -0.440. The Morgan fingerprint density at radius 1 is 1.40 bits per heavy atom. The van der Waals surface area contributed by atoms with Crippen molar-refractivity contribution >= 4 is 44.3 Å². The first-order chi connectivity index (χ1) is 9.44. The van der Waals surface area contributed by atoms with Gasteiger partial charge in [0, 0.05) is 22.8 Å². The molecular formula is C12H15ClN2O2S3. The largest absolute Gasteiger partial charge is 0.326 e. The van der Waals surface area contributed by atoms with E-state index in [1.807, 2.05) is 17.5 Å². The van der Waals surface area contributed by atoms with Crippen molar-refractivity contribution in [1.82, 2.24) is 4.72 Å². The SMILES string of the molecule is Cc1csc(CN)c1S(=O)(=O)NCCc1ccc(Cl)s1. The molecule has 0 bridgehead atoms. The maximum absolute atomic E-state index is 12.3. The molecule has 0 spiro atoms. The molecule has 0 saturated carbocycles. The summed E-state index contributed by atoms with van der Waals surface area (Å²) in [6, 6.07) is 3.72. The van der Waals surface area contributed by atoms with E-state index in [9.17, 15) is 8.42 Å². The zero-order valence-electron chi connectivity index (χ0n) is 10.8. The van der Waals surface area contributed by atoms with Crippen LogP contribution in [0, 0.1) is 6.92 Å². The number of thiophene rings is 2. The number of halogens is 1. The van der Waals surface area contributed by atoms with E-state index in [4.69, 9.17) is 17.3 Å². The van der Waals surface area contributed by atoms with Crippen molar-refractivity contribution < 1.29 is 8.42 Å². The van der Waals surface area contributed by atoms with E-state index in [2.05, 4.69) is 4.72 Å². The van der Waals surface area contributed by atoms with E-state index in [1.54, 1.807) is 6.92 Å². The van der Waals surface area contributed by atoms with E-state index in [-0.39, 0.29) is 6.54 Å². The molecule has 8 heteroatoms. The zero-order valence-corrected chi connectivity index (χ0v) is 14.1. The highest BCUT2D eigenvalue weighted by molar-refractivity contribution is 7.89. The van der Waals surface area contributed by atoms with Gasteiger partial charge >= 0.3 is 0 Å². The van der Waals surface area contributed by atoms with Crippen LogP contribution in [0.15, 0.2) is 22.4 Å². The minimum atomic E-state index is -3.50. The Labute approximate surface area is 131 Å². The number of hydrogen-bond donors (Lipinski definition) is 2. The summed E-state index contributed by atoms with van der Waals surface area (Å²) in [7, 11) is -3.50. The number of sulfonamides is 1. The number of nitrogens with one attached hydrogen (secondary N) is 1. The zero-order chi connectivity index (χ0) is 14.8. The van der Waals surface area contributed by atoms with Crippen LogP contribution in [0.5, 0.6) is 0 Å². The molecule has 2 aromatic rings. The third-order valence-electron chi connectivity index (χ3n) is 2.74. The van der Waals surface area contributed by atoms with Crippen molar-refractivity contribution in [3.8, 4) is 0 Å². The number of nitrogens with two attached hydrogens (primary N) is 1. The van der Waals surface area contributed by atoms with Crippen LogP contribution in [0.1, 0.15) is 15.3 Å². The molecule has 4 nitrogen and oxygen atoms in total. The molecule has 110 valence electrons. The highest BCUT2D eigenvalue weighted by Crippen LogP contribution is 2.26. The second-order valence-corrected chi connectivity index (χ2v) is 8.70. The van der Waals surface area contributed by atoms with E-state index < -0.39 is 10.0 Å². The lowest BCUT2D eigenvalue weighted by Gasteiger charge is -2.08. The van der Waals surface area contributed by atoms with Crippen LogP contribution in [-0.2, 0) is 23.0 Å². The molecule has 0 unspecified atom stereocenters. The van der Waals surface area contributed by atoms with Crippen LogP contribution >= 0.6 is 34.3 Å². The van der Waals surface area contributed by atoms with Crippen LogP contribution in [0.2, 0.25) is 4.34 Å². The molecule has 0 aliphatic rings. The molecular weight excluding hydrogens is 336 g/mol. The van der Waals surface area contributed by atoms with Crippen molar-refractivity contribution in [2.75, 3.05) is 6.54 Å². The summed E-state index contributed by atoms with van der Waals surface area (Å²) in [5, 5.41) is 1.82. The van der Waals surface area contributed by atoms with Gasteiger partial charge < -0.3 is 5.73 Å². The molecule has 0 saturated heterocycles. The Morgan fingerprint density at radius 2 is 2.15 bits per heavy atom. The molecule has 0 amide bonds. The second-order valence-electron chi connectivity index (χ2n) is 4.23. The molecule has 0 radical (unpaired) electrons. The summed E-state index contributed by atoms with van der Waals surface area (Å²) >= 11 is 8.67. The normalized spacial score (nSPS) is 11.9. The lowest BCUT2D eigenvalue weighted by molar-refractivity contribution is 0.580. The summed E-state index contributed by atoms with van der Waals surface area (Å²) in [4.78, 5) is 2.07. The lowest BCUT2D eigenvalue weighted by atomic mass is 10.3. The van der Waals surface area contributed by atoms with Crippen molar-refractivity contribution in [1.29, 1.82) is 0 Å².